The van der Waals surface area contributed by atoms with Crippen molar-refractivity contribution in [1.29, 1.82) is 0 Å². The van der Waals surface area contributed by atoms with Gasteiger partial charge in [-0.15, -0.1) is 0 Å². The van der Waals surface area contributed by atoms with Crippen LogP contribution in [0.3, 0.4) is 0 Å². The highest BCUT2D eigenvalue weighted by Crippen LogP contribution is 2.23. The number of benzene rings is 1. The summed E-state index contributed by atoms with van der Waals surface area (Å²) in [6, 6.07) is 9.80. The molecule has 0 saturated carbocycles. The maximum absolute atomic E-state index is 10.0. The molecule has 0 aromatic heterocycles. The lowest BCUT2D eigenvalue weighted by Gasteiger charge is -2.13. The fourth-order valence-corrected chi connectivity index (χ4v) is 1.56. The maximum atomic E-state index is 10.0. The molecule has 0 saturated heterocycles. The number of hydrogen-bond acceptors (Lipinski definition) is 1. The van der Waals surface area contributed by atoms with E-state index in [2.05, 4.69) is 19.9 Å². The first-order valence-electron chi connectivity index (χ1n) is 5.21. The molecular formula is C13H18O. The van der Waals surface area contributed by atoms with Crippen LogP contribution in [0.1, 0.15) is 38.4 Å². The predicted octanol–water partition coefficient (Wildman–Crippen LogP) is 3.47. The molecule has 1 atom stereocenters. The Kier molecular flexibility index (Phi) is 4.41. The van der Waals surface area contributed by atoms with Crippen LogP contribution in [0.2, 0.25) is 0 Å². The Balaban J connectivity index is 2.83. The highest BCUT2D eigenvalue weighted by Gasteiger charge is 2.09. The van der Waals surface area contributed by atoms with E-state index < -0.39 is 6.10 Å². The Morgan fingerprint density at radius 3 is 2.43 bits per heavy atom. The van der Waals surface area contributed by atoms with Crippen LogP contribution in [0.4, 0.5) is 0 Å². The smallest absolute Gasteiger partial charge is 0.100 e. The number of rotatable bonds is 4. The first kappa shape index (κ1) is 11.0. The van der Waals surface area contributed by atoms with Gasteiger partial charge in [0.05, 0.1) is 0 Å². The van der Waals surface area contributed by atoms with Gasteiger partial charge >= 0.3 is 0 Å². The molecule has 1 aromatic rings. The molecule has 0 bridgehead atoms. The SMILES string of the molecule is CCC=C(CC)C(O)c1ccccc1. The van der Waals surface area contributed by atoms with E-state index in [1.54, 1.807) is 0 Å². The molecule has 1 rings (SSSR count). The Hall–Kier alpha value is -1.08. The lowest BCUT2D eigenvalue weighted by atomic mass is 9.99. The average molecular weight is 190 g/mol. The largest absolute Gasteiger partial charge is 0.384 e. The summed E-state index contributed by atoms with van der Waals surface area (Å²) in [5.74, 6) is 0. The quantitative estimate of drug-likeness (QED) is 0.721. The molecule has 0 spiro atoms. The van der Waals surface area contributed by atoms with Gasteiger partial charge in [-0.25, -0.2) is 0 Å². The first-order valence-corrected chi connectivity index (χ1v) is 5.21. The molecule has 1 nitrogen and oxygen atoms in total. The van der Waals surface area contributed by atoms with Crippen molar-refractivity contribution in [3.05, 3.63) is 47.5 Å². The molecule has 76 valence electrons. The zero-order chi connectivity index (χ0) is 10.4. The third-order valence-electron chi connectivity index (χ3n) is 2.34. The zero-order valence-corrected chi connectivity index (χ0v) is 8.90. The van der Waals surface area contributed by atoms with Gasteiger partial charge in [-0.05, 0) is 24.0 Å². The van der Waals surface area contributed by atoms with E-state index in [-0.39, 0.29) is 0 Å². The third-order valence-corrected chi connectivity index (χ3v) is 2.34. The summed E-state index contributed by atoms with van der Waals surface area (Å²) in [4.78, 5) is 0. The van der Waals surface area contributed by atoms with Gasteiger partial charge in [-0.1, -0.05) is 50.3 Å². The standard InChI is InChI=1S/C13H18O/c1-3-8-11(4-2)13(14)12-9-6-5-7-10-12/h5-10,13-14H,3-4H2,1-2H3. The topological polar surface area (TPSA) is 20.2 Å². The van der Waals surface area contributed by atoms with Crippen LogP contribution in [0.25, 0.3) is 0 Å². The minimum absolute atomic E-state index is 0.429. The van der Waals surface area contributed by atoms with Crippen molar-refractivity contribution in [2.75, 3.05) is 0 Å². The maximum Gasteiger partial charge on any atom is 0.100 e. The van der Waals surface area contributed by atoms with Crippen LogP contribution in [0, 0.1) is 0 Å². The van der Waals surface area contributed by atoms with E-state index in [4.69, 9.17) is 0 Å². The van der Waals surface area contributed by atoms with E-state index >= 15 is 0 Å². The summed E-state index contributed by atoms with van der Waals surface area (Å²) >= 11 is 0. The van der Waals surface area contributed by atoms with Crippen molar-refractivity contribution in [1.82, 2.24) is 0 Å². The Morgan fingerprint density at radius 2 is 1.93 bits per heavy atom. The number of aliphatic hydroxyl groups is 1. The van der Waals surface area contributed by atoms with Crippen LogP contribution in [0.15, 0.2) is 42.0 Å². The van der Waals surface area contributed by atoms with E-state index in [0.29, 0.717) is 0 Å². The normalized spacial score (nSPS) is 14.1. The molecule has 0 amide bonds. The molecule has 0 aliphatic rings. The van der Waals surface area contributed by atoms with Gasteiger partial charge in [0.25, 0.3) is 0 Å². The van der Waals surface area contributed by atoms with Gasteiger partial charge in [0.1, 0.15) is 6.10 Å². The fourth-order valence-electron chi connectivity index (χ4n) is 1.56. The van der Waals surface area contributed by atoms with Crippen molar-refractivity contribution in [2.24, 2.45) is 0 Å². The molecule has 1 aromatic carbocycles. The number of aliphatic hydroxyl groups excluding tert-OH is 1. The molecule has 0 fully saturated rings. The van der Waals surface area contributed by atoms with Gasteiger partial charge < -0.3 is 5.11 Å². The molecule has 1 heteroatoms. The molecule has 0 heterocycles. The second-order valence-electron chi connectivity index (χ2n) is 3.35. The summed E-state index contributed by atoms with van der Waals surface area (Å²) in [6.07, 6.45) is 3.57. The summed E-state index contributed by atoms with van der Waals surface area (Å²) in [5.41, 5.74) is 2.09. The second-order valence-corrected chi connectivity index (χ2v) is 3.35. The van der Waals surface area contributed by atoms with Crippen molar-refractivity contribution in [3.63, 3.8) is 0 Å². The lowest BCUT2D eigenvalue weighted by Crippen LogP contribution is -2.00. The van der Waals surface area contributed by atoms with Crippen LogP contribution in [-0.4, -0.2) is 5.11 Å². The molecule has 0 aliphatic carbocycles. The van der Waals surface area contributed by atoms with Crippen LogP contribution in [0.5, 0.6) is 0 Å². The summed E-state index contributed by atoms with van der Waals surface area (Å²) in [5, 5.41) is 10.0. The predicted molar refractivity (Wildman–Crippen MR) is 60.1 cm³/mol. The molecule has 1 N–H and O–H groups in total. The number of hydrogen-bond donors (Lipinski definition) is 1. The Morgan fingerprint density at radius 1 is 1.29 bits per heavy atom. The van der Waals surface area contributed by atoms with E-state index in [1.165, 1.54) is 0 Å². The summed E-state index contributed by atoms with van der Waals surface area (Å²) < 4.78 is 0. The fraction of sp³-hybridized carbons (Fsp3) is 0.385. The highest BCUT2D eigenvalue weighted by atomic mass is 16.3. The zero-order valence-electron chi connectivity index (χ0n) is 8.90. The Labute approximate surface area is 86.1 Å². The van der Waals surface area contributed by atoms with Crippen molar-refractivity contribution in [3.8, 4) is 0 Å². The highest BCUT2D eigenvalue weighted by molar-refractivity contribution is 5.25. The summed E-state index contributed by atoms with van der Waals surface area (Å²) in [6.45, 7) is 4.17. The Bertz CT molecular complexity index is 287. The number of allylic oxidation sites excluding steroid dienone is 1. The van der Waals surface area contributed by atoms with Crippen LogP contribution >= 0.6 is 0 Å². The second kappa shape index (κ2) is 5.61. The van der Waals surface area contributed by atoms with Crippen LogP contribution < -0.4 is 0 Å². The van der Waals surface area contributed by atoms with Gasteiger partial charge in [0.2, 0.25) is 0 Å². The van der Waals surface area contributed by atoms with Gasteiger partial charge in [-0.3, -0.25) is 0 Å². The first-order chi connectivity index (χ1) is 6.79. The van der Waals surface area contributed by atoms with Crippen molar-refractivity contribution < 1.29 is 5.11 Å². The molecule has 14 heavy (non-hydrogen) atoms. The van der Waals surface area contributed by atoms with Crippen LogP contribution in [-0.2, 0) is 0 Å². The van der Waals surface area contributed by atoms with Gasteiger partial charge in [0, 0.05) is 0 Å². The average Bonchev–Trinajstić information content (AvgIpc) is 2.26. The molecule has 1 unspecified atom stereocenters. The monoisotopic (exact) mass is 190 g/mol. The molecule has 0 aliphatic heterocycles. The van der Waals surface area contributed by atoms with Gasteiger partial charge in [0.15, 0.2) is 0 Å². The summed E-state index contributed by atoms with van der Waals surface area (Å²) in [7, 11) is 0. The molecule has 0 radical (unpaired) electrons. The minimum atomic E-state index is -0.429. The van der Waals surface area contributed by atoms with E-state index in [0.717, 1.165) is 24.0 Å². The molecular weight excluding hydrogens is 172 g/mol. The van der Waals surface area contributed by atoms with E-state index in [1.807, 2.05) is 30.3 Å². The van der Waals surface area contributed by atoms with Gasteiger partial charge in [-0.2, -0.15) is 0 Å². The third kappa shape index (κ3) is 2.71. The minimum Gasteiger partial charge on any atom is -0.384 e. The van der Waals surface area contributed by atoms with Crippen molar-refractivity contribution in [2.45, 2.75) is 32.8 Å². The lowest BCUT2D eigenvalue weighted by molar-refractivity contribution is 0.211. The van der Waals surface area contributed by atoms with Crippen molar-refractivity contribution >= 4 is 0 Å². The van der Waals surface area contributed by atoms with E-state index in [9.17, 15) is 5.11 Å².